The molecule has 1 aromatic heterocycles. The minimum Gasteiger partial charge on any atom is -0.339 e. The molecule has 2 unspecified atom stereocenters. The number of nitrogens with zero attached hydrogens (tertiary/aromatic N) is 2. The van der Waals surface area contributed by atoms with Gasteiger partial charge in [-0.1, -0.05) is 23.4 Å². The van der Waals surface area contributed by atoms with E-state index in [1.54, 1.807) is 0 Å². The normalized spacial score (nSPS) is 22.4. The predicted molar refractivity (Wildman–Crippen MR) is 77.8 cm³/mol. The van der Waals surface area contributed by atoms with Crippen LogP contribution < -0.4 is 5.32 Å². The Labute approximate surface area is 119 Å². The summed E-state index contributed by atoms with van der Waals surface area (Å²) < 4.78 is 5.44. The van der Waals surface area contributed by atoms with E-state index in [-0.39, 0.29) is 0 Å². The van der Waals surface area contributed by atoms with Crippen LogP contribution in [0.1, 0.15) is 47.7 Å². The fourth-order valence-corrected chi connectivity index (χ4v) is 2.78. The Morgan fingerprint density at radius 3 is 2.85 bits per heavy atom. The molecule has 1 N–H and O–H groups in total. The highest BCUT2D eigenvalue weighted by atomic mass is 16.5. The molecule has 2 heterocycles. The van der Waals surface area contributed by atoms with E-state index in [0.29, 0.717) is 12.0 Å². The molecule has 1 aliphatic heterocycles. The molecule has 0 amide bonds. The molecule has 1 saturated heterocycles. The average Bonchev–Trinajstić information content (AvgIpc) is 3.03. The van der Waals surface area contributed by atoms with E-state index in [2.05, 4.69) is 54.4 Å². The smallest absolute Gasteiger partial charge is 0.231 e. The molecule has 4 heteroatoms. The molecule has 1 fully saturated rings. The third kappa shape index (κ3) is 2.61. The Morgan fingerprint density at radius 1 is 1.30 bits per heavy atom. The van der Waals surface area contributed by atoms with Gasteiger partial charge in [0, 0.05) is 12.5 Å². The Morgan fingerprint density at radius 2 is 2.15 bits per heavy atom. The molecule has 1 aromatic carbocycles. The van der Waals surface area contributed by atoms with Gasteiger partial charge in [-0.25, -0.2) is 0 Å². The number of aryl methyl sites for hydroxylation is 2. The summed E-state index contributed by atoms with van der Waals surface area (Å²) >= 11 is 0. The van der Waals surface area contributed by atoms with Crippen LogP contribution in [0.5, 0.6) is 0 Å². The van der Waals surface area contributed by atoms with Gasteiger partial charge >= 0.3 is 0 Å². The van der Waals surface area contributed by atoms with Crippen molar-refractivity contribution in [2.24, 2.45) is 0 Å². The number of nitrogens with one attached hydrogen (secondary N) is 1. The molecule has 0 spiro atoms. The SMILES string of the molecule is Cc1ccc(Cc2noc(C3CCNC3C)n2)cc1C. The highest BCUT2D eigenvalue weighted by Gasteiger charge is 2.29. The second-order valence-electron chi connectivity index (χ2n) is 5.78. The largest absolute Gasteiger partial charge is 0.339 e. The lowest BCUT2D eigenvalue weighted by molar-refractivity contribution is 0.342. The summed E-state index contributed by atoms with van der Waals surface area (Å²) in [4.78, 5) is 4.57. The molecule has 0 saturated carbocycles. The van der Waals surface area contributed by atoms with E-state index < -0.39 is 0 Å². The molecule has 3 rings (SSSR count). The zero-order valence-electron chi connectivity index (χ0n) is 12.3. The van der Waals surface area contributed by atoms with Crippen molar-refractivity contribution in [1.82, 2.24) is 15.5 Å². The number of hydrogen-bond donors (Lipinski definition) is 1. The summed E-state index contributed by atoms with van der Waals surface area (Å²) in [5, 5.41) is 7.54. The van der Waals surface area contributed by atoms with Crippen LogP contribution in [0.15, 0.2) is 22.7 Å². The molecule has 2 aromatic rings. The summed E-state index contributed by atoms with van der Waals surface area (Å²) in [6.45, 7) is 7.46. The van der Waals surface area contributed by atoms with Gasteiger partial charge in [-0.05, 0) is 50.4 Å². The predicted octanol–water partition coefficient (Wildman–Crippen LogP) is 2.74. The lowest BCUT2D eigenvalue weighted by atomic mass is 10.0. The van der Waals surface area contributed by atoms with Crippen LogP contribution in [0.3, 0.4) is 0 Å². The fraction of sp³-hybridized carbons (Fsp3) is 0.500. The van der Waals surface area contributed by atoms with Gasteiger partial charge in [0.1, 0.15) is 0 Å². The van der Waals surface area contributed by atoms with E-state index in [0.717, 1.165) is 31.1 Å². The third-order valence-electron chi connectivity index (χ3n) is 4.26. The van der Waals surface area contributed by atoms with Crippen LogP contribution in [0.25, 0.3) is 0 Å². The standard InChI is InChI=1S/C16H21N3O/c1-10-4-5-13(8-11(10)2)9-15-18-16(20-19-15)14-6-7-17-12(14)3/h4-5,8,12,14,17H,6-7,9H2,1-3H3. The Bertz CT molecular complexity index is 606. The molecule has 0 radical (unpaired) electrons. The molecule has 20 heavy (non-hydrogen) atoms. The van der Waals surface area contributed by atoms with Gasteiger partial charge < -0.3 is 9.84 Å². The van der Waals surface area contributed by atoms with Crippen molar-refractivity contribution >= 4 is 0 Å². The van der Waals surface area contributed by atoms with E-state index >= 15 is 0 Å². The van der Waals surface area contributed by atoms with Crippen molar-refractivity contribution in [3.63, 3.8) is 0 Å². The summed E-state index contributed by atoms with van der Waals surface area (Å²) in [7, 11) is 0. The minimum atomic E-state index is 0.357. The van der Waals surface area contributed by atoms with Crippen LogP contribution in [-0.4, -0.2) is 22.7 Å². The van der Waals surface area contributed by atoms with Gasteiger partial charge in [0.2, 0.25) is 5.89 Å². The first-order valence-electron chi connectivity index (χ1n) is 7.25. The van der Waals surface area contributed by atoms with Crippen molar-refractivity contribution in [2.45, 2.75) is 45.6 Å². The van der Waals surface area contributed by atoms with Crippen LogP contribution in [0.2, 0.25) is 0 Å². The Hall–Kier alpha value is -1.68. The first-order chi connectivity index (χ1) is 9.63. The summed E-state index contributed by atoms with van der Waals surface area (Å²) in [5.74, 6) is 1.92. The van der Waals surface area contributed by atoms with E-state index in [1.807, 2.05) is 0 Å². The monoisotopic (exact) mass is 271 g/mol. The Balaban J connectivity index is 1.75. The Kier molecular flexibility index (Phi) is 3.57. The highest BCUT2D eigenvalue weighted by Crippen LogP contribution is 2.26. The number of rotatable bonds is 3. The maximum atomic E-state index is 5.44. The summed E-state index contributed by atoms with van der Waals surface area (Å²) in [5.41, 5.74) is 3.85. The molecule has 2 atom stereocenters. The maximum absolute atomic E-state index is 5.44. The topological polar surface area (TPSA) is 51.0 Å². The van der Waals surface area contributed by atoms with Gasteiger partial charge in [-0.2, -0.15) is 4.98 Å². The van der Waals surface area contributed by atoms with Crippen molar-refractivity contribution < 1.29 is 4.52 Å². The average molecular weight is 271 g/mol. The van der Waals surface area contributed by atoms with E-state index in [1.165, 1.54) is 16.7 Å². The zero-order chi connectivity index (χ0) is 14.1. The van der Waals surface area contributed by atoms with Crippen LogP contribution in [0, 0.1) is 13.8 Å². The minimum absolute atomic E-state index is 0.357. The lowest BCUT2D eigenvalue weighted by Crippen LogP contribution is -2.21. The van der Waals surface area contributed by atoms with Crippen LogP contribution in [-0.2, 0) is 6.42 Å². The van der Waals surface area contributed by atoms with Crippen molar-refractivity contribution in [3.8, 4) is 0 Å². The molecular weight excluding hydrogens is 250 g/mol. The molecule has 0 bridgehead atoms. The number of hydrogen-bond acceptors (Lipinski definition) is 4. The van der Waals surface area contributed by atoms with E-state index in [4.69, 9.17) is 4.52 Å². The molecule has 0 aliphatic carbocycles. The zero-order valence-corrected chi connectivity index (χ0v) is 12.3. The van der Waals surface area contributed by atoms with Gasteiger partial charge in [0.25, 0.3) is 0 Å². The highest BCUT2D eigenvalue weighted by molar-refractivity contribution is 5.31. The second kappa shape index (κ2) is 5.37. The van der Waals surface area contributed by atoms with Gasteiger partial charge in [-0.3, -0.25) is 0 Å². The second-order valence-corrected chi connectivity index (χ2v) is 5.78. The van der Waals surface area contributed by atoms with E-state index in [9.17, 15) is 0 Å². The molecule has 106 valence electrons. The lowest BCUT2D eigenvalue weighted by Gasteiger charge is -2.08. The third-order valence-corrected chi connectivity index (χ3v) is 4.26. The first kappa shape index (κ1) is 13.3. The van der Waals surface area contributed by atoms with Crippen molar-refractivity contribution in [3.05, 3.63) is 46.6 Å². The van der Waals surface area contributed by atoms with Gasteiger partial charge in [0.15, 0.2) is 5.82 Å². The number of benzene rings is 1. The maximum Gasteiger partial charge on any atom is 0.231 e. The fourth-order valence-electron chi connectivity index (χ4n) is 2.78. The van der Waals surface area contributed by atoms with Crippen molar-refractivity contribution in [1.29, 1.82) is 0 Å². The molecular formula is C16H21N3O. The summed E-state index contributed by atoms with van der Waals surface area (Å²) in [6, 6.07) is 6.91. The van der Waals surface area contributed by atoms with Crippen molar-refractivity contribution in [2.75, 3.05) is 6.54 Å². The molecule has 1 aliphatic rings. The van der Waals surface area contributed by atoms with Crippen LogP contribution >= 0.6 is 0 Å². The molecule has 4 nitrogen and oxygen atoms in total. The summed E-state index contributed by atoms with van der Waals surface area (Å²) in [6.07, 6.45) is 1.81. The first-order valence-corrected chi connectivity index (χ1v) is 7.25. The van der Waals surface area contributed by atoms with Crippen LogP contribution in [0.4, 0.5) is 0 Å². The van der Waals surface area contributed by atoms with Gasteiger partial charge in [0.05, 0.1) is 5.92 Å². The quantitative estimate of drug-likeness (QED) is 0.932. The number of aromatic nitrogens is 2. The van der Waals surface area contributed by atoms with Gasteiger partial charge in [-0.15, -0.1) is 0 Å².